The molecule has 0 bridgehead atoms. The van der Waals surface area contributed by atoms with Gasteiger partial charge >= 0.3 is 0 Å². The lowest BCUT2D eigenvalue weighted by molar-refractivity contribution is -0.115. The summed E-state index contributed by atoms with van der Waals surface area (Å²) in [6.45, 7) is 3.50. The highest BCUT2D eigenvalue weighted by molar-refractivity contribution is 8.00. The van der Waals surface area contributed by atoms with Crippen molar-refractivity contribution in [3.8, 4) is 0 Å². The van der Waals surface area contributed by atoms with Gasteiger partial charge in [-0.2, -0.15) is 0 Å². The number of anilines is 1. The van der Waals surface area contributed by atoms with E-state index in [-0.39, 0.29) is 16.7 Å². The molecule has 0 aliphatic heterocycles. The fraction of sp³-hybridized carbons (Fsp3) is 0.222. The third-order valence-corrected chi connectivity index (χ3v) is 5.04. The second-order valence-electron chi connectivity index (χ2n) is 5.58. The van der Waals surface area contributed by atoms with E-state index in [1.807, 2.05) is 49.4 Å². The molecule has 0 aliphatic rings. The molecular weight excluding hydrogens is 336 g/mol. The number of nitrogens with zero attached hydrogens (tertiary/aromatic N) is 2. The second-order valence-corrected chi connectivity index (χ2v) is 6.77. The fourth-order valence-electron chi connectivity index (χ4n) is 2.44. The average Bonchev–Trinajstić information content (AvgIpc) is 2.63. The van der Waals surface area contributed by atoms with Crippen LogP contribution in [0.15, 0.2) is 52.4 Å². The van der Waals surface area contributed by atoms with Gasteiger partial charge in [0.25, 0.3) is 5.56 Å². The van der Waals surface area contributed by atoms with Crippen molar-refractivity contribution in [1.29, 1.82) is 0 Å². The van der Waals surface area contributed by atoms with Crippen LogP contribution in [0.3, 0.4) is 0 Å². The van der Waals surface area contributed by atoms with Crippen LogP contribution in [0.25, 0.3) is 10.8 Å². The zero-order valence-corrected chi connectivity index (χ0v) is 14.8. The van der Waals surface area contributed by atoms with Crippen molar-refractivity contribution in [2.75, 3.05) is 5.32 Å². The van der Waals surface area contributed by atoms with E-state index in [0.717, 1.165) is 16.5 Å². The number of benzene rings is 2. The van der Waals surface area contributed by atoms with E-state index >= 15 is 0 Å². The largest absolute Gasteiger partial charge is 0.325 e. The van der Waals surface area contributed by atoms with Gasteiger partial charge in [0, 0.05) is 11.1 Å². The van der Waals surface area contributed by atoms with E-state index in [0.29, 0.717) is 17.3 Å². The smallest absolute Gasteiger partial charge is 0.273 e. The molecule has 0 aliphatic carbocycles. The highest BCUT2D eigenvalue weighted by Crippen LogP contribution is 2.26. The lowest BCUT2D eigenvalue weighted by Crippen LogP contribution is -2.25. The molecule has 2 N–H and O–H groups in total. The second kappa shape index (κ2) is 7.48. The molecule has 3 rings (SSSR count). The Balaban J connectivity index is 1.80. The molecular formula is C18H18N4O2S. The predicted molar refractivity (Wildman–Crippen MR) is 99.9 cm³/mol. The van der Waals surface area contributed by atoms with Gasteiger partial charge < -0.3 is 5.32 Å². The Kier molecular flexibility index (Phi) is 5.14. The van der Waals surface area contributed by atoms with Crippen LogP contribution in [-0.2, 0) is 4.79 Å². The van der Waals surface area contributed by atoms with Gasteiger partial charge in [0.05, 0.1) is 5.25 Å². The Morgan fingerprint density at radius 2 is 1.96 bits per heavy atom. The van der Waals surface area contributed by atoms with Crippen LogP contribution in [0.4, 0.5) is 5.69 Å². The van der Waals surface area contributed by atoms with Crippen LogP contribution in [0.2, 0.25) is 0 Å². The van der Waals surface area contributed by atoms with E-state index < -0.39 is 0 Å². The molecule has 1 amide bonds. The molecule has 3 aromatic rings. The van der Waals surface area contributed by atoms with Crippen LogP contribution in [0, 0.1) is 6.92 Å². The van der Waals surface area contributed by atoms with Gasteiger partial charge in [-0.15, -0.1) is 10.2 Å². The number of hydrogen-bond acceptors (Lipinski definition) is 5. The zero-order valence-electron chi connectivity index (χ0n) is 13.9. The van der Waals surface area contributed by atoms with Crippen molar-refractivity contribution >= 4 is 34.1 Å². The highest BCUT2D eigenvalue weighted by atomic mass is 32.2. The monoisotopic (exact) mass is 354 g/mol. The number of fused-ring (bicyclic) bond motifs is 1. The van der Waals surface area contributed by atoms with Gasteiger partial charge in [0.2, 0.25) is 5.91 Å². The first-order chi connectivity index (χ1) is 12.1. The van der Waals surface area contributed by atoms with Gasteiger partial charge in [0.15, 0.2) is 5.16 Å². The third-order valence-electron chi connectivity index (χ3n) is 3.80. The van der Waals surface area contributed by atoms with E-state index in [4.69, 9.17) is 0 Å². The summed E-state index contributed by atoms with van der Waals surface area (Å²) in [5, 5.41) is 12.7. The number of nitrogens with one attached hydrogen (secondary N) is 2. The first-order valence-electron chi connectivity index (χ1n) is 7.97. The van der Waals surface area contributed by atoms with E-state index in [1.165, 1.54) is 11.8 Å². The van der Waals surface area contributed by atoms with Crippen LogP contribution in [0.5, 0.6) is 0 Å². The number of amides is 1. The fourth-order valence-corrected chi connectivity index (χ4v) is 3.28. The van der Waals surface area contributed by atoms with Crippen molar-refractivity contribution < 1.29 is 4.79 Å². The average molecular weight is 354 g/mol. The Morgan fingerprint density at radius 3 is 2.72 bits per heavy atom. The lowest BCUT2D eigenvalue weighted by atomic mass is 10.1. The van der Waals surface area contributed by atoms with Gasteiger partial charge in [-0.1, -0.05) is 55.1 Å². The zero-order chi connectivity index (χ0) is 17.8. The van der Waals surface area contributed by atoms with Gasteiger partial charge in [-0.05, 0) is 24.8 Å². The maximum Gasteiger partial charge on any atom is 0.273 e. The molecule has 25 heavy (non-hydrogen) atoms. The van der Waals surface area contributed by atoms with Crippen LogP contribution in [-0.4, -0.2) is 26.3 Å². The lowest BCUT2D eigenvalue weighted by Gasteiger charge is -2.15. The van der Waals surface area contributed by atoms with Crippen LogP contribution in [0.1, 0.15) is 19.0 Å². The normalized spacial score (nSPS) is 12.1. The minimum atomic E-state index is -0.383. The first kappa shape index (κ1) is 17.2. The summed E-state index contributed by atoms with van der Waals surface area (Å²) in [6.07, 6.45) is 0.596. The molecule has 0 radical (unpaired) electrons. The summed E-state index contributed by atoms with van der Waals surface area (Å²) in [6, 6.07) is 13.7. The molecule has 128 valence electrons. The summed E-state index contributed by atoms with van der Waals surface area (Å²) in [5.41, 5.74) is 0.782. The summed E-state index contributed by atoms with van der Waals surface area (Å²) in [4.78, 5) is 27.0. The van der Waals surface area contributed by atoms with Crippen molar-refractivity contribution in [3.63, 3.8) is 0 Å². The molecule has 0 saturated heterocycles. The molecule has 0 fully saturated rings. The topological polar surface area (TPSA) is 87.7 Å². The number of carbonyl (C=O) groups excluding carboxylic acids is 1. The summed E-state index contributed by atoms with van der Waals surface area (Å²) in [7, 11) is 0. The predicted octanol–water partition coefficient (Wildman–Crippen LogP) is 3.14. The molecule has 0 unspecified atom stereocenters. The number of rotatable bonds is 5. The maximum absolute atomic E-state index is 12.7. The van der Waals surface area contributed by atoms with Crippen LogP contribution >= 0.6 is 11.8 Å². The molecule has 1 atom stereocenters. The third kappa shape index (κ3) is 3.88. The minimum Gasteiger partial charge on any atom is -0.325 e. The quantitative estimate of drug-likeness (QED) is 0.687. The SMILES string of the molecule is CC[C@H](Sc1nnc(C)c(=O)[nH]1)C(=O)Nc1cccc2ccccc12. The number of aromatic amines is 1. The standard InChI is InChI=1S/C18H18N4O2S/c1-3-15(25-18-20-16(23)11(2)21-22-18)17(24)19-14-10-6-8-12-7-4-5-9-13(12)14/h4-10,15H,3H2,1-2H3,(H,19,24)(H,20,22,23)/t15-/m0/s1. The minimum absolute atomic E-state index is 0.132. The summed E-state index contributed by atoms with van der Waals surface area (Å²) in [5.74, 6) is -0.132. The van der Waals surface area contributed by atoms with E-state index in [9.17, 15) is 9.59 Å². The Morgan fingerprint density at radius 1 is 1.20 bits per heavy atom. The van der Waals surface area contributed by atoms with E-state index in [2.05, 4.69) is 20.5 Å². The first-order valence-corrected chi connectivity index (χ1v) is 8.85. The Bertz CT molecular complexity index is 965. The molecule has 2 aromatic carbocycles. The number of hydrogen-bond donors (Lipinski definition) is 2. The number of carbonyl (C=O) groups is 1. The van der Waals surface area contributed by atoms with Crippen molar-refractivity contribution in [3.05, 3.63) is 58.5 Å². The summed E-state index contributed by atoms with van der Waals surface area (Å²) < 4.78 is 0. The molecule has 0 spiro atoms. The molecule has 1 aromatic heterocycles. The molecule has 0 saturated carbocycles. The number of aryl methyl sites for hydroxylation is 1. The summed E-state index contributed by atoms with van der Waals surface area (Å²) >= 11 is 1.20. The number of H-pyrrole nitrogens is 1. The van der Waals surface area contributed by atoms with Gasteiger partial charge in [0.1, 0.15) is 5.69 Å². The Hall–Kier alpha value is -2.67. The Labute approximate surface area is 149 Å². The number of thioether (sulfide) groups is 1. The highest BCUT2D eigenvalue weighted by Gasteiger charge is 2.20. The van der Waals surface area contributed by atoms with Gasteiger partial charge in [-0.3, -0.25) is 14.6 Å². The van der Waals surface area contributed by atoms with E-state index in [1.54, 1.807) is 6.92 Å². The van der Waals surface area contributed by atoms with Crippen molar-refractivity contribution in [2.45, 2.75) is 30.7 Å². The van der Waals surface area contributed by atoms with Crippen molar-refractivity contribution in [1.82, 2.24) is 15.2 Å². The molecule has 1 heterocycles. The maximum atomic E-state index is 12.7. The number of aromatic nitrogens is 3. The van der Waals surface area contributed by atoms with Gasteiger partial charge in [-0.25, -0.2) is 0 Å². The molecule has 7 heteroatoms. The van der Waals surface area contributed by atoms with Crippen LogP contribution < -0.4 is 10.9 Å². The molecule has 6 nitrogen and oxygen atoms in total. The van der Waals surface area contributed by atoms with Crippen molar-refractivity contribution in [2.24, 2.45) is 0 Å².